The smallest absolute Gasteiger partial charge is 0.353 e. The molecule has 9 nitrogen and oxygen atoms in total. The third kappa shape index (κ3) is 4.08. The minimum Gasteiger partial charge on any atom is -0.368 e. The lowest BCUT2D eigenvalue weighted by molar-refractivity contribution is -0.383. The zero-order chi connectivity index (χ0) is 20.2. The molecule has 148 valence electrons. The molecule has 0 unspecified atom stereocenters. The SMILES string of the molecule is Cc1cccc(Nc2ncnc(N3CCN(c4ccccc4)CC3)c2[N+](=O)[O-])n1. The van der Waals surface area contributed by atoms with E-state index >= 15 is 0 Å². The number of pyridine rings is 1. The number of aromatic nitrogens is 3. The second kappa shape index (κ2) is 8.09. The molecule has 1 aromatic carbocycles. The van der Waals surface area contributed by atoms with Gasteiger partial charge in [0.1, 0.15) is 12.1 Å². The van der Waals surface area contributed by atoms with Gasteiger partial charge in [0.25, 0.3) is 0 Å². The highest BCUT2D eigenvalue weighted by molar-refractivity contribution is 5.73. The zero-order valence-electron chi connectivity index (χ0n) is 16.0. The molecule has 0 bridgehead atoms. The van der Waals surface area contributed by atoms with Gasteiger partial charge in [-0.2, -0.15) is 0 Å². The van der Waals surface area contributed by atoms with Crippen LogP contribution in [-0.2, 0) is 0 Å². The molecule has 1 fully saturated rings. The van der Waals surface area contributed by atoms with Crippen LogP contribution in [0, 0.1) is 17.0 Å². The lowest BCUT2D eigenvalue weighted by atomic mass is 10.2. The van der Waals surface area contributed by atoms with Crippen LogP contribution in [-0.4, -0.2) is 46.1 Å². The summed E-state index contributed by atoms with van der Waals surface area (Å²) in [7, 11) is 0. The van der Waals surface area contributed by atoms with Gasteiger partial charge in [0, 0.05) is 37.6 Å². The van der Waals surface area contributed by atoms with E-state index in [2.05, 4.69) is 37.3 Å². The van der Waals surface area contributed by atoms with E-state index < -0.39 is 4.92 Å². The number of piperazine rings is 1. The second-order valence-corrected chi connectivity index (χ2v) is 6.75. The van der Waals surface area contributed by atoms with Gasteiger partial charge in [-0.25, -0.2) is 15.0 Å². The van der Waals surface area contributed by atoms with Crippen LogP contribution in [0.3, 0.4) is 0 Å². The van der Waals surface area contributed by atoms with E-state index in [1.807, 2.05) is 42.2 Å². The number of rotatable bonds is 5. The Bertz CT molecular complexity index is 1000. The first-order valence-electron chi connectivity index (χ1n) is 9.37. The third-order valence-corrected chi connectivity index (χ3v) is 4.82. The Morgan fingerprint density at radius 1 is 0.966 bits per heavy atom. The number of anilines is 4. The Balaban J connectivity index is 1.57. The van der Waals surface area contributed by atoms with Gasteiger partial charge in [-0.3, -0.25) is 10.1 Å². The summed E-state index contributed by atoms with van der Waals surface area (Å²) in [5.41, 5.74) is 1.82. The molecule has 0 aliphatic carbocycles. The van der Waals surface area contributed by atoms with Gasteiger partial charge in [-0.05, 0) is 31.2 Å². The first kappa shape index (κ1) is 18.6. The molecule has 1 N–H and O–H groups in total. The summed E-state index contributed by atoms with van der Waals surface area (Å²) in [6.07, 6.45) is 1.35. The number of aryl methyl sites for hydroxylation is 1. The lowest BCUT2D eigenvalue weighted by Crippen LogP contribution is -2.47. The van der Waals surface area contributed by atoms with E-state index in [-0.39, 0.29) is 11.5 Å². The van der Waals surface area contributed by atoms with Gasteiger partial charge >= 0.3 is 5.69 Å². The number of nitrogens with one attached hydrogen (secondary N) is 1. The van der Waals surface area contributed by atoms with Crippen molar-refractivity contribution in [1.29, 1.82) is 0 Å². The van der Waals surface area contributed by atoms with Crippen molar-refractivity contribution in [2.45, 2.75) is 6.92 Å². The summed E-state index contributed by atoms with van der Waals surface area (Å²) in [6.45, 7) is 4.64. The van der Waals surface area contributed by atoms with Crippen molar-refractivity contribution in [3.63, 3.8) is 0 Å². The van der Waals surface area contributed by atoms with Crippen LogP contribution < -0.4 is 15.1 Å². The third-order valence-electron chi connectivity index (χ3n) is 4.82. The van der Waals surface area contributed by atoms with Crippen molar-refractivity contribution in [3.05, 3.63) is 70.7 Å². The summed E-state index contributed by atoms with van der Waals surface area (Å²) in [4.78, 5) is 28.3. The van der Waals surface area contributed by atoms with Crippen LogP contribution in [0.2, 0.25) is 0 Å². The fourth-order valence-electron chi connectivity index (χ4n) is 3.41. The van der Waals surface area contributed by atoms with Gasteiger partial charge in [0.15, 0.2) is 0 Å². The van der Waals surface area contributed by atoms with E-state index in [1.165, 1.54) is 6.33 Å². The Labute approximate surface area is 168 Å². The maximum absolute atomic E-state index is 11.9. The Morgan fingerprint density at radius 3 is 2.38 bits per heavy atom. The Morgan fingerprint density at radius 2 is 1.69 bits per heavy atom. The highest BCUT2D eigenvalue weighted by Gasteiger charge is 2.29. The molecule has 3 heterocycles. The van der Waals surface area contributed by atoms with Crippen LogP contribution >= 0.6 is 0 Å². The summed E-state index contributed by atoms with van der Waals surface area (Å²) in [5, 5.41) is 14.8. The molecule has 0 spiro atoms. The minimum atomic E-state index is -0.433. The van der Waals surface area contributed by atoms with Crippen molar-refractivity contribution in [2.24, 2.45) is 0 Å². The standard InChI is InChI=1S/C20H21N7O2/c1-15-6-5-9-17(23-15)24-19-18(27(28)29)20(22-14-21-19)26-12-10-25(11-13-26)16-7-3-2-4-8-16/h2-9,14H,10-13H2,1H3,(H,21,22,23,24). The van der Waals surface area contributed by atoms with Crippen molar-refractivity contribution in [1.82, 2.24) is 15.0 Å². The number of nitrogens with zero attached hydrogens (tertiary/aromatic N) is 6. The highest BCUT2D eigenvalue weighted by Crippen LogP contribution is 2.34. The molecule has 29 heavy (non-hydrogen) atoms. The van der Waals surface area contributed by atoms with Gasteiger partial charge in [0.05, 0.1) is 4.92 Å². The van der Waals surface area contributed by atoms with Crippen molar-refractivity contribution in [3.8, 4) is 0 Å². The van der Waals surface area contributed by atoms with E-state index in [4.69, 9.17) is 0 Å². The summed E-state index contributed by atoms with van der Waals surface area (Å²) >= 11 is 0. The average Bonchev–Trinajstić information content (AvgIpc) is 2.74. The molecule has 0 saturated carbocycles. The lowest BCUT2D eigenvalue weighted by Gasteiger charge is -2.36. The second-order valence-electron chi connectivity index (χ2n) is 6.75. The molecule has 0 amide bonds. The molecule has 0 radical (unpaired) electrons. The van der Waals surface area contributed by atoms with E-state index in [0.29, 0.717) is 24.7 Å². The van der Waals surface area contributed by atoms with Crippen LogP contribution in [0.5, 0.6) is 0 Å². The molecule has 1 saturated heterocycles. The van der Waals surface area contributed by atoms with E-state index in [1.54, 1.807) is 6.07 Å². The molecule has 4 rings (SSSR count). The number of benzene rings is 1. The molecule has 9 heteroatoms. The largest absolute Gasteiger partial charge is 0.368 e. The fourth-order valence-corrected chi connectivity index (χ4v) is 3.41. The van der Waals surface area contributed by atoms with Crippen LogP contribution in [0.15, 0.2) is 54.9 Å². The molecular weight excluding hydrogens is 370 g/mol. The summed E-state index contributed by atoms with van der Waals surface area (Å²) in [5.74, 6) is 0.975. The quantitative estimate of drug-likeness (QED) is 0.523. The van der Waals surface area contributed by atoms with E-state index in [0.717, 1.165) is 24.5 Å². The van der Waals surface area contributed by atoms with E-state index in [9.17, 15) is 10.1 Å². The molecule has 1 aliphatic heterocycles. The zero-order valence-corrected chi connectivity index (χ0v) is 16.0. The first-order chi connectivity index (χ1) is 14.1. The number of nitro groups is 1. The van der Waals surface area contributed by atoms with Crippen molar-refractivity contribution >= 4 is 28.8 Å². The molecule has 0 atom stereocenters. The normalized spacial score (nSPS) is 14.0. The van der Waals surface area contributed by atoms with Crippen LogP contribution in [0.4, 0.5) is 28.8 Å². The van der Waals surface area contributed by atoms with Gasteiger partial charge in [-0.15, -0.1) is 0 Å². The molecular formula is C20H21N7O2. The van der Waals surface area contributed by atoms with Crippen molar-refractivity contribution in [2.75, 3.05) is 41.3 Å². The minimum absolute atomic E-state index is 0.135. The van der Waals surface area contributed by atoms with Gasteiger partial charge in [0.2, 0.25) is 11.6 Å². The fraction of sp³-hybridized carbons (Fsp3) is 0.250. The number of hydrogen-bond acceptors (Lipinski definition) is 8. The molecule has 1 aliphatic rings. The molecule has 3 aromatic rings. The van der Waals surface area contributed by atoms with Gasteiger partial charge in [-0.1, -0.05) is 24.3 Å². The predicted molar refractivity (Wildman–Crippen MR) is 112 cm³/mol. The van der Waals surface area contributed by atoms with Crippen LogP contribution in [0.25, 0.3) is 0 Å². The maximum Gasteiger partial charge on any atom is 0.353 e. The predicted octanol–water partition coefficient (Wildman–Crippen LogP) is 3.16. The topological polar surface area (TPSA) is 100 Å². The average molecular weight is 391 g/mol. The Hall–Kier alpha value is -3.75. The van der Waals surface area contributed by atoms with Gasteiger partial charge < -0.3 is 15.1 Å². The monoisotopic (exact) mass is 391 g/mol. The number of hydrogen-bond donors (Lipinski definition) is 1. The summed E-state index contributed by atoms with van der Waals surface area (Å²) in [6, 6.07) is 15.6. The van der Waals surface area contributed by atoms with Crippen LogP contribution in [0.1, 0.15) is 5.69 Å². The highest BCUT2D eigenvalue weighted by atomic mass is 16.6. The first-order valence-corrected chi connectivity index (χ1v) is 9.37. The Kier molecular flexibility index (Phi) is 5.19. The number of para-hydroxylation sites is 1. The van der Waals surface area contributed by atoms with Crippen molar-refractivity contribution < 1.29 is 4.92 Å². The maximum atomic E-state index is 11.9. The molecule has 2 aromatic heterocycles. The summed E-state index contributed by atoms with van der Waals surface area (Å²) < 4.78 is 0.